The largest absolute Gasteiger partial charge is 0.472 e. The van der Waals surface area contributed by atoms with Crippen LogP contribution in [-0.2, 0) is 65.4 Å². The van der Waals surface area contributed by atoms with Crippen LogP contribution in [0.3, 0.4) is 0 Å². The zero-order valence-electron chi connectivity index (χ0n) is 56.3. The van der Waals surface area contributed by atoms with Gasteiger partial charge in [-0.15, -0.1) is 0 Å². The van der Waals surface area contributed by atoms with Crippen LogP contribution in [-0.4, -0.2) is 96.7 Å². The Bertz CT molecular complexity index is 1700. The second-order valence-electron chi connectivity index (χ2n) is 25.3. The monoisotopic (exact) mass is 1280 g/mol. The topological polar surface area (TPSA) is 237 Å². The second-order valence-corrected chi connectivity index (χ2v) is 28.2. The second kappa shape index (κ2) is 60.3. The molecule has 0 radical (unpaired) electrons. The van der Waals surface area contributed by atoms with E-state index in [1.807, 2.05) is 0 Å². The fourth-order valence-electron chi connectivity index (χ4n) is 10.2. The van der Waals surface area contributed by atoms with Gasteiger partial charge in [-0.1, -0.05) is 292 Å². The molecule has 0 fully saturated rings. The number of esters is 4. The third-order valence-electron chi connectivity index (χ3n) is 16.1. The smallest absolute Gasteiger partial charge is 0.462 e. The molecule has 516 valence electrons. The minimum Gasteiger partial charge on any atom is -0.462 e. The van der Waals surface area contributed by atoms with E-state index in [2.05, 4.69) is 41.5 Å². The Morgan fingerprint density at radius 1 is 0.333 bits per heavy atom. The molecule has 19 heteroatoms. The summed E-state index contributed by atoms with van der Waals surface area (Å²) in [6, 6.07) is 0. The molecule has 0 aromatic heterocycles. The van der Waals surface area contributed by atoms with Crippen molar-refractivity contribution in [3.8, 4) is 0 Å². The predicted octanol–water partition coefficient (Wildman–Crippen LogP) is 19.2. The average molecular weight is 1280 g/mol. The number of carbonyl (C=O) groups is 4. The molecular formula is C68H132O17P2. The molecule has 3 N–H and O–H groups in total. The summed E-state index contributed by atoms with van der Waals surface area (Å²) in [4.78, 5) is 72.2. The first-order valence-corrected chi connectivity index (χ1v) is 38.5. The van der Waals surface area contributed by atoms with Gasteiger partial charge in [0.25, 0.3) is 0 Å². The van der Waals surface area contributed by atoms with Crippen molar-refractivity contribution in [2.24, 2.45) is 11.8 Å². The van der Waals surface area contributed by atoms with Gasteiger partial charge >= 0.3 is 39.5 Å². The summed E-state index contributed by atoms with van der Waals surface area (Å²) in [6.45, 7) is 9.42. The summed E-state index contributed by atoms with van der Waals surface area (Å²) in [5, 5.41) is 10.5. The van der Waals surface area contributed by atoms with E-state index < -0.39 is 97.5 Å². The Balaban J connectivity index is 5.15. The highest BCUT2D eigenvalue weighted by Crippen LogP contribution is 2.45. The average Bonchev–Trinajstić information content (AvgIpc) is 3.67. The van der Waals surface area contributed by atoms with E-state index in [9.17, 15) is 43.2 Å². The van der Waals surface area contributed by atoms with Gasteiger partial charge in [-0.05, 0) is 37.5 Å². The zero-order valence-corrected chi connectivity index (χ0v) is 58.1. The number of hydrogen-bond acceptors (Lipinski definition) is 15. The molecule has 0 aromatic carbocycles. The van der Waals surface area contributed by atoms with E-state index in [1.54, 1.807) is 0 Å². The van der Waals surface area contributed by atoms with E-state index in [4.69, 9.17) is 37.0 Å². The molecule has 0 saturated heterocycles. The lowest BCUT2D eigenvalue weighted by atomic mass is 9.99. The van der Waals surface area contributed by atoms with Crippen molar-refractivity contribution in [3.63, 3.8) is 0 Å². The molecule has 87 heavy (non-hydrogen) atoms. The summed E-state index contributed by atoms with van der Waals surface area (Å²) >= 11 is 0. The molecule has 0 saturated carbocycles. The summed E-state index contributed by atoms with van der Waals surface area (Å²) in [7, 11) is -9.89. The first-order valence-electron chi connectivity index (χ1n) is 35.5. The third kappa shape index (κ3) is 61.3. The Kier molecular flexibility index (Phi) is 59.0. The van der Waals surface area contributed by atoms with Crippen LogP contribution in [0.15, 0.2) is 0 Å². The number of phosphoric acid groups is 2. The predicted molar refractivity (Wildman–Crippen MR) is 349 cm³/mol. The maximum Gasteiger partial charge on any atom is 0.472 e. The lowest BCUT2D eigenvalue weighted by Crippen LogP contribution is -2.30. The van der Waals surface area contributed by atoms with E-state index in [0.29, 0.717) is 25.7 Å². The summed E-state index contributed by atoms with van der Waals surface area (Å²) < 4.78 is 68.0. The Labute approximate surface area is 530 Å². The van der Waals surface area contributed by atoms with Crippen molar-refractivity contribution < 1.29 is 80.2 Å². The van der Waals surface area contributed by atoms with Gasteiger partial charge in [-0.3, -0.25) is 37.3 Å². The van der Waals surface area contributed by atoms with Gasteiger partial charge in [0.1, 0.15) is 19.3 Å². The van der Waals surface area contributed by atoms with Crippen molar-refractivity contribution in [2.75, 3.05) is 39.6 Å². The molecule has 0 bridgehead atoms. The van der Waals surface area contributed by atoms with Crippen molar-refractivity contribution >= 4 is 39.5 Å². The first-order chi connectivity index (χ1) is 41.9. The van der Waals surface area contributed by atoms with Crippen LogP contribution in [0.2, 0.25) is 0 Å². The minimum atomic E-state index is -4.95. The van der Waals surface area contributed by atoms with E-state index in [1.165, 1.54) is 154 Å². The minimum absolute atomic E-state index is 0.104. The maximum atomic E-state index is 13.0. The van der Waals surface area contributed by atoms with Gasteiger partial charge in [0, 0.05) is 25.7 Å². The molecule has 0 aliphatic carbocycles. The number of unbranched alkanes of at least 4 members (excludes halogenated alkanes) is 36. The summed E-state index contributed by atoms with van der Waals surface area (Å²) in [5.41, 5.74) is 0. The first kappa shape index (κ1) is 85.1. The highest BCUT2D eigenvalue weighted by molar-refractivity contribution is 7.47. The van der Waals surface area contributed by atoms with Crippen LogP contribution in [0.4, 0.5) is 0 Å². The molecule has 0 heterocycles. The lowest BCUT2D eigenvalue weighted by Gasteiger charge is -2.21. The van der Waals surface area contributed by atoms with Gasteiger partial charge < -0.3 is 33.8 Å². The normalized spacial score (nSPS) is 14.5. The van der Waals surface area contributed by atoms with Crippen LogP contribution in [0.5, 0.6) is 0 Å². The van der Waals surface area contributed by atoms with Gasteiger partial charge in [0.05, 0.1) is 26.4 Å². The van der Waals surface area contributed by atoms with Crippen LogP contribution in [0.25, 0.3) is 0 Å². The van der Waals surface area contributed by atoms with Gasteiger partial charge in [0.2, 0.25) is 0 Å². The lowest BCUT2D eigenvalue weighted by molar-refractivity contribution is -0.161. The fourth-order valence-corrected chi connectivity index (χ4v) is 11.8. The molecule has 3 unspecified atom stereocenters. The SMILES string of the molecule is CCCCCCCCCCCCCCCCCCCCC(=O)O[C@H](COC(=O)CCCCCCCCCCCC(C)C)COP(=O)(O)OC[C@@H](O)COP(=O)(O)OC[C@@H](COC(=O)CCCCCCC)OC(=O)CCCCCCCCCCC(C)CC. The Morgan fingerprint density at radius 3 is 0.874 bits per heavy atom. The van der Waals surface area contributed by atoms with Gasteiger partial charge in [0.15, 0.2) is 12.2 Å². The Hall–Kier alpha value is -1.94. The maximum absolute atomic E-state index is 13.0. The molecule has 0 rings (SSSR count). The zero-order chi connectivity index (χ0) is 64.3. The third-order valence-corrected chi connectivity index (χ3v) is 18.0. The number of ether oxygens (including phenoxy) is 4. The van der Waals surface area contributed by atoms with Crippen LogP contribution in [0, 0.1) is 11.8 Å². The molecule has 6 atom stereocenters. The molecule has 0 aromatic rings. The van der Waals surface area contributed by atoms with E-state index >= 15 is 0 Å². The highest BCUT2D eigenvalue weighted by Gasteiger charge is 2.30. The number of rotatable bonds is 67. The van der Waals surface area contributed by atoms with Crippen molar-refractivity contribution in [3.05, 3.63) is 0 Å². The van der Waals surface area contributed by atoms with Gasteiger partial charge in [-0.2, -0.15) is 0 Å². The number of carbonyl (C=O) groups excluding carboxylic acids is 4. The van der Waals surface area contributed by atoms with Crippen LogP contribution >= 0.6 is 15.6 Å². The van der Waals surface area contributed by atoms with Gasteiger partial charge in [-0.25, -0.2) is 9.13 Å². The van der Waals surface area contributed by atoms with Crippen molar-refractivity contribution in [2.45, 2.75) is 362 Å². The molecule has 0 spiro atoms. The summed E-state index contributed by atoms with van der Waals surface area (Å²) in [6.07, 6.45) is 44.8. The van der Waals surface area contributed by atoms with Crippen molar-refractivity contribution in [1.82, 2.24) is 0 Å². The number of aliphatic hydroxyl groups excluding tert-OH is 1. The number of phosphoric ester groups is 2. The van der Waals surface area contributed by atoms with E-state index in [0.717, 1.165) is 108 Å². The standard InChI is InChI=1S/C68H132O17P2/c1-7-10-12-14-15-16-17-18-19-20-21-22-23-24-27-34-40-46-52-67(72)85-64(57-79-66(71)51-45-39-33-28-25-26-31-37-42-48-60(4)5)59-83-87(76,77)81-55-62(69)54-80-86(74,75)82-58-63(56-78-65(70)50-44-36-13-11-8-2)84-68(73)53-47-41-35-30-29-32-38-43-49-61(6)9-3/h60-64,69H,7-59H2,1-6H3,(H,74,75)(H,76,77)/t61?,62-,63+,64+/m0/s1. The number of hydrogen-bond donors (Lipinski definition) is 3. The molecule has 0 aliphatic rings. The Morgan fingerprint density at radius 2 is 0.586 bits per heavy atom. The van der Waals surface area contributed by atoms with Crippen LogP contribution < -0.4 is 0 Å². The quantitative estimate of drug-likeness (QED) is 0.0222. The molecule has 17 nitrogen and oxygen atoms in total. The molecule has 0 amide bonds. The van der Waals surface area contributed by atoms with Crippen molar-refractivity contribution in [1.29, 1.82) is 0 Å². The highest BCUT2D eigenvalue weighted by atomic mass is 31.2. The fraction of sp³-hybridized carbons (Fsp3) is 0.941. The number of aliphatic hydroxyl groups is 1. The summed E-state index contributed by atoms with van der Waals surface area (Å²) in [5.74, 6) is -0.626. The molecular weight excluding hydrogens is 1150 g/mol. The molecule has 0 aliphatic heterocycles. The van der Waals surface area contributed by atoms with Crippen LogP contribution in [0.1, 0.15) is 343 Å². The van der Waals surface area contributed by atoms with E-state index in [-0.39, 0.29) is 25.7 Å².